The van der Waals surface area contributed by atoms with Gasteiger partial charge in [-0.1, -0.05) is 48.9 Å². The van der Waals surface area contributed by atoms with E-state index in [2.05, 4.69) is 59.7 Å². The van der Waals surface area contributed by atoms with Crippen molar-refractivity contribution in [1.82, 2.24) is 15.5 Å². The molecule has 1 amide bonds. The molecule has 1 heterocycles. The van der Waals surface area contributed by atoms with E-state index < -0.39 is 0 Å². The SMILES string of the molecule is CCCNC(=O)CN1CCC(NC/C(C)=C/c2ccccc2)CC1. The molecule has 4 heteroatoms. The Kier molecular flexibility index (Phi) is 7.99. The third-order valence-corrected chi connectivity index (χ3v) is 4.41. The Hall–Kier alpha value is -1.65. The highest BCUT2D eigenvalue weighted by Gasteiger charge is 2.20. The molecule has 1 fully saturated rings. The first-order valence-corrected chi connectivity index (χ1v) is 9.12. The van der Waals surface area contributed by atoms with Crippen LogP contribution in [0.1, 0.15) is 38.7 Å². The molecule has 0 unspecified atom stereocenters. The highest BCUT2D eigenvalue weighted by Crippen LogP contribution is 2.11. The molecule has 1 aliphatic rings. The highest BCUT2D eigenvalue weighted by molar-refractivity contribution is 5.77. The molecule has 0 aromatic heterocycles. The quantitative estimate of drug-likeness (QED) is 0.771. The van der Waals surface area contributed by atoms with Crippen molar-refractivity contribution in [2.75, 3.05) is 32.7 Å². The molecule has 24 heavy (non-hydrogen) atoms. The van der Waals surface area contributed by atoms with Crippen LogP contribution in [0.2, 0.25) is 0 Å². The zero-order valence-corrected chi connectivity index (χ0v) is 15.1. The van der Waals surface area contributed by atoms with Gasteiger partial charge in [-0.2, -0.15) is 0 Å². The minimum absolute atomic E-state index is 0.157. The molecule has 0 saturated carbocycles. The average Bonchev–Trinajstić information content (AvgIpc) is 2.60. The maximum absolute atomic E-state index is 11.8. The van der Waals surface area contributed by atoms with Gasteiger partial charge >= 0.3 is 0 Å². The van der Waals surface area contributed by atoms with E-state index in [-0.39, 0.29) is 5.91 Å². The summed E-state index contributed by atoms with van der Waals surface area (Å²) in [6.07, 6.45) is 5.45. The Labute approximate surface area is 146 Å². The van der Waals surface area contributed by atoms with E-state index in [9.17, 15) is 4.79 Å². The molecule has 0 aliphatic carbocycles. The van der Waals surface area contributed by atoms with Gasteiger partial charge in [-0.25, -0.2) is 0 Å². The maximum Gasteiger partial charge on any atom is 0.234 e. The van der Waals surface area contributed by atoms with Gasteiger partial charge in [0.15, 0.2) is 0 Å². The van der Waals surface area contributed by atoms with Crippen molar-refractivity contribution >= 4 is 12.0 Å². The molecule has 0 atom stereocenters. The van der Waals surface area contributed by atoms with Gasteiger partial charge in [-0.05, 0) is 31.7 Å². The molecule has 2 N–H and O–H groups in total. The fourth-order valence-corrected chi connectivity index (χ4v) is 3.01. The van der Waals surface area contributed by atoms with Crippen molar-refractivity contribution < 1.29 is 4.79 Å². The van der Waals surface area contributed by atoms with Crippen molar-refractivity contribution in [3.05, 3.63) is 41.5 Å². The van der Waals surface area contributed by atoms with Crippen LogP contribution >= 0.6 is 0 Å². The molecule has 0 spiro atoms. The summed E-state index contributed by atoms with van der Waals surface area (Å²) in [4.78, 5) is 14.0. The lowest BCUT2D eigenvalue weighted by Crippen LogP contribution is -2.46. The van der Waals surface area contributed by atoms with E-state index in [0.717, 1.165) is 45.4 Å². The summed E-state index contributed by atoms with van der Waals surface area (Å²) in [5.74, 6) is 0.157. The average molecular weight is 329 g/mol. The van der Waals surface area contributed by atoms with E-state index in [1.165, 1.54) is 11.1 Å². The van der Waals surface area contributed by atoms with E-state index in [4.69, 9.17) is 0 Å². The van der Waals surface area contributed by atoms with Gasteiger partial charge in [0.05, 0.1) is 6.54 Å². The van der Waals surface area contributed by atoms with Crippen molar-refractivity contribution in [2.24, 2.45) is 0 Å². The Morgan fingerprint density at radius 1 is 1.25 bits per heavy atom. The van der Waals surface area contributed by atoms with Crippen LogP contribution in [0.25, 0.3) is 6.08 Å². The van der Waals surface area contributed by atoms with Gasteiger partial charge in [0.1, 0.15) is 0 Å². The Morgan fingerprint density at radius 2 is 1.96 bits per heavy atom. The molecule has 1 aliphatic heterocycles. The molecule has 2 rings (SSSR count). The topological polar surface area (TPSA) is 44.4 Å². The maximum atomic E-state index is 11.8. The van der Waals surface area contributed by atoms with Gasteiger partial charge in [-0.15, -0.1) is 0 Å². The van der Waals surface area contributed by atoms with Gasteiger partial charge in [0.2, 0.25) is 5.91 Å². The number of piperidine rings is 1. The van der Waals surface area contributed by atoms with Crippen LogP contribution in [0.5, 0.6) is 0 Å². The summed E-state index contributed by atoms with van der Waals surface area (Å²) >= 11 is 0. The van der Waals surface area contributed by atoms with Gasteiger partial charge in [-0.3, -0.25) is 9.69 Å². The van der Waals surface area contributed by atoms with Gasteiger partial charge in [0, 0.05) is 32.2 Å². The second-order valence-corrected chi connectivity index (χ2v) is 6.68. The molecule has 0 bridgehead atoms. The monoisotopic (exact) mass is 329 g/mol. The van der Waals surface area contributed by atoms with Crippen molar-refractivity contribution in [3.63, 3.8) is 0 Å². The molecule has 1 saturated heterocycles. The van der Waals surface area contributed by atoms with E-state index in [0.29, 0.717) is 12.6 Å². The number of rotatable bonds is 8. The Bertz CT molecular complexity index is 519. The molecular weight excluding hydrogens is 298 g/mol. The van der Waals surface area contributed by atoms with Crippen LogP contribution in [-0.2, 0) is 4.79 Å². The summed E-state index contributed by atoms with van der Waals surface area (Å²) in [5.41, 5.74) is 2.60. The number of nitrogens with zero attached hydrogens (tertiary/aromatic N) is 1. The Balaban J connectivity index is 1.66. The number of benzene rings is 1. The lowest BCUT2D eigenvalue weighted by Gasteiger charge is -2.32. The summed E-state index contributed by atoms with van der Waals surface area (Å²) in [5, 5.41) is 6.60. The van der Waals surface area contributed by atoms with Gasteiger partial charge in [0.25, 0.3) is 0 Å². The number of nitrogens with one attached hydrogen (secondary N) is 2. The summed E-state index contributed by atoms with van der Waals surface area (Å²) < 4.78 is 0. The first kappa shape index (κ1) is 18.7. The van der Waals surface area contributed by atoms with Crippen LogP contribution in [0.4, 0.5) is 0 Å². The second kappa shape index (κ2) is 10.3. The Morgan fingerprint density at radius 3 is 2.62 bits per heavy atom. The summed E-state index contributed by atoms with van der Waals surface area (Å²) in [7, 11) is 0. The number of carbonyl (C=O) groups excluding carboxylic acids is 1. The lowest BCUT2D eigenvalue weighted by molar-refractivity contribution is -0.122. The fourth-order valence-electron chi connectivity index (χ4n) is 3.01. The van der Waals surface area contributed by atoms with E-state index in [1.807, 2.05) is 6.07 Å². The highest BCUT2D eigenvalue weighted by atomic mass is 16.2. The molecular formula is C20H31N3O. The minimum atomic E-state index is 0.157. The largest absolute Gasteiger partial charge is 0.355 e. The van der Waals surface area contributed by atoms with Crippen LogP contribution < -0.4 is 10.6 Å². The predicted molar refractivity (Wildman–Crippen MR) is 101 cm³/mol. The number of hydrogen-bond acceptors (Lipinski definition) is 3. The number of hydrogen-bond donors (Lipinski definition) is 2. The van der Waals surface area contributed by atoms with Crippen molar-refractivity contribution in [1.29, 1.82) is 0 Å². The van der Waals surface area contributed by atoms with Crippen LogP contribution in [0.3, 0.4) is 0 Å². The van der Waals surface area contributed by atoms with Crippen LogP contribution in [0, 0.1) is 0 Å². The minimum Gasteiger partial charge on any atom is -0.355 e. The first-order chi connectivity index (χ1) is 11.7. The zero-order valence-electron chi connectivity index (χ0n) is 15.1. The predicted octanol–water partition coefficient (Wildman–Crippen LogP) is 2.67. The molecule has 132 valence electrons. The van der Waals surface area contributed by atoms with Crippen LogP contribution in [-0.4, -0.2) is 49.6 Å². The van der Waals surface area contributed by atoms with E-state index in [1.54, 1.807) is 0 Å². The van der Waals surface area contributed by atoms with Gasteiger partial charge < -0.3 is 10.6 Å². The molecule has 1 aromatic carbocycles. The summed E-state index contributed by atoms with van der Waals surface area (Å²) in [6, 6.07) is 11.0. The summed E-state index contributed by atoms with van der Waals surface area (Å²) in [6.45, 7) is 8.50. The molecule has 1 aromatic rings. The number of carbonyl (C=O) groups is 1. The number of likely N-dealkylation sites (tertiary alicyclic amines) is 1. The van der Waals surface area contributed by atoms with Crippen LogP contribution in [0.15, 0.2) is 35.9 Å². The molecule has 0 radical (unpaired) electrons. The standard InChI is InChI=1S/C20H31N3O/c1-3-11-21-20(24)16-23-12-9-19(10-13-23)22-15-17(2)14-18-7-5-4-6-8-18/h4-8,14,19,22H,3,9-13,15-16H2,1-2H3,(H,21,24)/b17-14+. The third-order valence-electron chi connectivity index (χ3n) is 4.41. The lowest BCUT2D eigenvalue weighted by atomic mass is 10.0. The van der Waals surface area contributed by atoms with Crippen molar-refractivity contribution in [3.8, 4) is 0 Å². The van der Waals surface area contributed by atoms with Crippen molar-refractivity contribution in [2.45, 2.75) is 39.2 Å². The second-order valence-electron chi connectivity index (χ2n) is 6.68. The zero-order chi connectivity index (χ0) is 17.2. The number of amides is 1. The smallest absolute Gasteiger partial charge is 0.234 e. The molecule has 4 nitrogen and oxygen atoms in total. The first-order valence-electron chi connectivity index (χ1n) is 9.12. The third kappa shape index (κ3) is 6.85. The fraction of sp³-hybridized carbons (Fsp3) is 0.550. The van der Waals surface area contributed by atoms with E-state index >= 15 is 0 Å². The normalized spacial score (nSPS) is 17.0.